The Morgan fingerprint density at radius 2 is 1.97 bits per heavy atom. The zero-order chi connectivity index (χ0) is 23.2. The highest BCUT2D eigenvalue weighted by Gasteiger charge is 2.33. The summed E-state index contributed by atoms with van der Waals surface area (Å²) in [6, 6.07) is 7.35. The predicted octanol–water partition coefficient (Wildman–Crippen LogP) is 4.09. The molecule has 2 heterocycles. The number of allylic oxidation sites excluding steroid dienone is 1. The van der Waals surface area contributed by atoms with Crippen molar-refractivity contribution in [3.05, 3.63) is 58.2 Å². The number of aliphatic hydroxyl groups excluding tert-OH is 1. The molecule has 33 heavy (non-hydrogen) atoms. The summed E-state index contributed by atoms with van der Waals surface area (Å²) < 4.78 is 17.6. The minimum Gasteiger partial charge on any atom is -0.464 e. The number of amides is 1. The van der Waals surface area contributed by atoms with Gasteiger partial charge in [0.1, 0.15) is 5.58 Å². The number of para-hydroxylation sites is 1. The summed E-state index contributed by atoms with van der Waals surface area (Å²) in [4.78, 5) is 28.3. The van der Waals surface area contributed by atoms with Crippen LogP contribution in [0.25, 0.3) is 11.0 Å². The lowest BCUT2D eigenvalue weighted by Gasteiger charge is -2.34. The molecule has 1 amide bonds. The number of nitrogens with zero attached hydrogens (tertiary/aromatic N) is 1. The number of carbonyl (C=O) groups excluding carboxylic acids is 1. The number of carbonyl (C=O) groups is 1. The van der Waals surface area contributed by atoms with E-state index >= 15 is 0 Å². The number of unbranched alkanes of at least 4 members (excludes halogenated alkanes) is 1. The van der Waals surface area contributed by atoms with E-state index in [-0.39, 0.29) is 35.7 Å². The molecule has 1 aromatic heterocycles. The molecule has 0 unspecified atom stereocenters. The van der Waals surface area contributed by atoms with Gasteiger partial charge in [-0.3, -0.25) is 9.59 Å². The lowest BCUT2D eigenvalue weighted by molar-refractivity contribution is -0.153. The molecule has 1 N–H and O–H groups in total. The van der Waals surface area contributed by atoms with Crippen LogP contribution in [0.1, 0.15) is 62.8 Å². The Morgan fingerprint density at radius 3 is 2.76 bits per heavy atom. The van der Waals surface area contributed by atoms with Crippen LogP contribution >= 0.6 is 0 Å². The zero-order valence-electron chi connectivity index (χ0n) is 19.2. The van der Waals surface area contributed by atoms with E-state index in [1.165, 1.54) is 12.7 Å². The van der Waals surface area contributed by atoms with Gasteiger partial charge in [0.05, 0.1) is 18.3 Å². The summed E-state index contributed by atoms with van der Waals surface area (Å²) in [5.74, 6) is -0.319. The first kappa shape index (κ1) is 23.5. The van der Waals surface area contributed by atoms with Crippen LogP contribution in [0.2, 0.25) is 0 Å². The molecule has 0 bridgehead atoms. The Bertz CT molecular complexity index is 1040. The van der Waals surface area contributed by atoms with Crippen LogP contribution < -0.4 is 5.43 Å². The van der Waals surface area contributed by atoms with Crippen molar-refractivity contribution >= 4 is 16.9 Å². The van der Waals surface area contributed by atoms with Crippen LogP contribution in [0.4, 0.5) is 0 Å². The van der Waals surface area contributed by atoms with Crippen molar-refractivity contribution in [3.63, 3.8) is 0 Å². The van der Waals surface area contributed by atoms with E-state index in [4.69, 9.17) is 19.0 Å². The van der Waals surface area contributed by atoms with Crippen molar-refractivity contribution in [3.8, 4) is 0 Å². The second kappa shape index (κ2) is 11.0. The van der Waals surface area contributed by atoms with Crippen molar-refractivity contribution in [1.29, 1.82) is 0 Å². The van der Waals surface area contributed by atoms with Crippen LogP contribution in [0.5, 0.6) is 0 Å². The van der Waals surface area contributed by atoms with Gasteiger partial charge in [-0.1, -0.05) is 31.4 Å². The second-order valence-electron chi connectivity index (χ2n) is 8.95. The zero-order valence-corrected chi connectivity index (χ0v) is 19.2. The number of ether oxygens (including phenoxy) is 2. The van der Waals surface area contributed by atoms with Gasteiger partial charge in [-0.25, -0.2) is 0 Å². The average molecular weight is 456 g/mol. The van der Waals surface area contributed by atoms with Gasteiger partial charge in [0.15, 0.2) is 11.2 Å². The van der Waals surface area contributed by atoms with Gasteiger partial charge < -0.3 is 23.9 Å². The summed E-state index contributed by atoms with van der Waals surface area (Å²) in [6.45, 7) is 0.510. The number of rotatable bonds is 8. The molecule has 1 saturated carbocycles. The monoisotopic (exact) mass is 455 g/mol. The van der Waals surface area contributed by atoms with E-state index in [1.54, 1.807) is 23.1 Å². The quantitative estimate of drug-likeness (QED) is 0.603. The Labute approximate surface area is 194 Å². The normalized spacial score (nSPS) is 21.5. The van der Waals surface area contributed by atoms with Gasteiger partial charge in [0.25, 0.3) is 5.91 Å². The number of fused-ring (bicyclic) bond motifs is 1. The van der Waals surface area contributed by atoms with Gasteiger partial charge in [0, 0.05) is 37.6 Å². The molecule has 2 atom stereocenters. The molecule has 1 aliphatic heterocycles. The highest BCUT2D eigenvalue weighted by molar-refractivity contribution is 5.92. The Morgan fingerprint density at radius 1 is 1.18 bits per heavy atom. The minimum atomic E-state index is -0.650. The molecule has 1 fully saturated rings. The summed E-state index contributed by atoms with van der Waals surface area (Å²) in [7, 11) is 1.83. The maximum Gasteiger partial charge on any atom is 0.288 e. The fourth-order valence-corrected chi connectivity index (χ4v) is 4.71. The fourth-order valence-electron chi connectivity index (χ4n) is 4.71. The maximum atomic E-state index is 13.3. The lowest BCUT2D eigenvalue weighted by atomic mass is 9.92. The molecular formula is C26H33NO6. The van der Waals surface area contributed by atoms with Crippen molar-refractivity contribution in [2.75, 3.05) is 20.3 Å². The number of benzene rings is 1. The molecule has 0 spiro atoms. The molecule has 0 radical (unpaired) electrons. The lowest BCUT2D eigenvalue weighted by Crippen LogP contribution is -2.41. The predicted molar refractivity (Wildman–Crippen MR) is 125 cm³/mol. The largest absolute Gasteiger partial charge is 0.464 e. The second-order valence-corrected chi connectivity index (χ2v) is 8.95. The van der Waals surface area contributed by atoms with Gasteiger partial charge in [0.2, 0.25) is 6.29 Å². The first-order valence-corrected chi connectivity index (χ1v) is 12.0. The molecule has 7 heteroatoms. The standard InChI is InChI=1S/C26H33NO6/c1-27(19-9-3-2-4-10-19)26(30)23-15-18(16-24(33-23)31-14-8-7-13-28)21-17-32-22-12-6-5-11-20(22)25(21)29/h5-6,11-12,15,17-19,24,28H,2-4,7-10,13-14,16H2,1H3/t18-,24+/m0/s1. The molecule has 7 nitrogen and oxygen atoms in total. The van der Waals surface area contributed by atoms with E-state index in [9.17, 15) is 9.59 Å². The highest BCUT2D eigenvalue weighted by atomic mass is 16.7. The topological polar surface area (TPSA) is 89.2 Å². The number of hydrogen-bond donors (Lipinski definition) is 1. The molecule has 2 aliphatic rings. The van der Waals surface area contributed by atoms with Crippen LogP contribution in [-0.2, 0) is 14.3 Å². The third kappa shape index (κ3) is 5.47. The van der Waals surface area contributed by atoms with E-state index < -0.39 is 6.29 Å². The number of likely N-dealkylation sites (N-methyl/N-ethyl adjacent to an activating group) is 1. The molecule has 4 rings (SSSR count). The van der Waals surface area contributed by atoms with Crippen molar-refractivity contribution in [2.45, 2.75) is 69.6 Å². The Hall–Kier alpha value is -2.64. The molecule has 2 aromatic rings. The highest BCUT2D eigenvalue weighted by Crippen LogP contribution is 2.32. The number of hydrogen-bond acceptors (Lipinski definition) is 6. The minimum absolute atomic E-state index is 0.103. The summed E-state index contributed by atoms with van der Waals surface area (Å²) >= 11 is 0. The Balaban J connectivity index is 1.60. The summed E-state index contributed by atoms with van der Waals surface area (Å²) in [6.07, 6.45) is 9.77. The van der Waals surface area contributed by atoms with E-state index in [0.29, 0.717) is 42.4 Å². The first-order chi connectivity index (χ1) is 16.1. The van der Waals surface area contributed by atoms with Gasteiger partial charge in [-0.2, -0.15) is 0 Å². The molecule has 1 aromatic carbocycles. The maximum absolute atomic E-state index is 13.3. The van der Waals surface area contributed by atoms with Crippen LogP contribution in [-0.4, -0.2) is 48.5 Å². The average Bonchev–Trinajstić information content (AvgIpc) is 2.86. The third-order valence-corrected chi connectivity index (χ3v) is 6.67. The summed E-state index contributed by atoms with van der Waals surface area (Å²) in [5.41, 5.74) is 0.922. The van der Waals surface area contributed by atoms with E-state index in [0.717, 1.165) is 25.7 Å². The molecule has 178 valence electrons. The molecule has 0 saturated heterocycles. The van der Waals surface area contributed by atoms with Crippen LogP contribution in [0.3, 0.4) is 0 Å². The van der Waals surface area contributed by atoms with E-state index in [1.807, 2.05) is 19.2 Å². The van der Waals surface area contributed by atoms with Crippen molar-refractivity contribution < 1.29 is 23.8 Å². The molecule has 1 aliphatic carbocycles. The number of aliphatic hydroxyl groups is 1. The smallest absolute Gasteiger partial charge is 0.288 e. The SMILES string of the molecule is CN(C(=O)C1=C[C@H](c2coc3ccccc3c2=O)C[C@H](OCCCCO)O1)C1CCCCC1. The van der Waals surface area contributed by atoms with Crippen LogP contribution in [0, 0.1) is 0 Å². The Kier molecular flexibility index (Phi) is 7.83. The van der Waals surface area contributed by atoms with Gasteiger partial charge in [-0.15, -0.1) is 0 Å². The van der Waals surface area contributed by atoms with Crippen molar-refractivity contribution in [2.24, 2.45) is 0 Å². The van der Waals surface area contributed by atoms with Crippen LogP contribution in [0.15, 0.2) is 51.6 Å². The first-order valence-electron chi connectivity index (χ1n) is 12.0. The third-order valence-electron chi connectivity index (χ3n) is 6.67. The van der Waals surface area contributed by atoms with E-state index in [2.05, 4.69) is 0 Å². The molecular weight excluding hydrogens is 422 g/mol. The fraction of sp³-hybridized carbons (Fsp3) is 0.538. The summed E-state index contributed by atoms with van der Waals surface area (Å²) in [5, 5.41) is 9.54. The van der Waals surface area contributed by atoms with Gasteiger partial charge >= 0.3 is 0 Å². The van der Waals surface area contributed by atoms with Crippen molar-refractivity contribution in [1.82, 2.24) is 4.90 Å². The van der Waals surface area contributed by atoms with Gasteiger partial charge in [-0.05, 0) is 43.9 Å².